The van der Waals surface area contributed by atoms with Crippen molar-refractivity contribution in [1.29, 1.82) is 0 Å². The molecule has 0 bridgehead atoms. The Morgan fingerprint density at radius 1 is 1.00 bits per heavy atom. The van der Waals surface area contributed by atoms with Crippen LogP contribution in [0.4, 0.5) is 5.69 Å². The molecular weight excluding hydrogens is 297 g/mol. The summed E-state index contributed by atoms with van der Waals surface area (Å²) in [5.41, 5.74) is 8.11. The molecule has 4 nitrogen and oxygen atoms in total. The fourth-order valence-corrected chi connectivity index (χ4v) is 2.43. The van der Waals surface area contributed by atoms with Gasteiger partial charge in [-0.25, -0.2) is 0 Å². The summed E-state index contributed by atoms with van der Waals surface area (Å²) >= 11 is 12.3. The normalized spacial score (nSPS) is 10.7. The number of anilines is 1. The molecule has 2 heterocycles. The lowest BCUT2D eigenvalue weighted by atomic mass is 10.1. The summed E-state index contributed by atoms with van der Waals surface area (Å²) in [6.07, 6.45) is 1.61. The fourth-order valence-electron chi connectivity index (χ4n) is 1.84. The summed E-state index contributed by atoms with van der Waals surface area (Å²) in [5.74, 6) is 0.503. The molecule has 0 aliphatic rings. The summed E-state index contributed by atoms with van der Waals surface area (Å²) in [5, 5.41) is 5.01. The maximum atomic E-state index is 6.14. The van der Waals surface area contributed by atoms with Crippen molar-refractivity contribution in [3.05, 3.63) is 52.6 Å². The largest absolute Gasteiger partial charge is 0.399 e. The predicted molar refractivity (Wildman–Crippen MR) is 79.6 cm³/mol. The van der Waals surface area contributed by atoms with Crippen LogP contribution in [-0.4, -0.2) is 10.1 Å². The molecule has 0 amide bonds. The molecule has 0 saturated carbocycles. The van der Waals surface area contributed by atoms with Crippen LogP contribution < -0.4 is 5.73 Å². The van der Waals surface area contributed by atoms with E-state index in [4.69, 9.17) is 33.5 Å². The molecule has 3 rings (SSSR count). The highest BCUT2D eigenvalue weighted by Gasteiger charge is 2.15. The first-order valence-corrected chi connectivity index (χ1v) is 6.54. The molecule has 0 unspecified atom stereocenters. The van der Waals surface area contributed by atoms with E-state index in [0.29, 0.717) is 38.4 Å². The zero-order valence-electron chi connectivity index (χ0n) is 10.2. The number of nitrogen functional groups attached to an aromatic ring is 1. The van der Waals surface area contributed by atoms with Crippen LogP contribution >= 0.6 is 23.2 Å². The number of hydrogen-bond acceptors (Lipinski definition) is 4. The van der Waals surface area contributed by atoms with E-state index in [1.165, 1.54) is 0 Å². The van der Waals surface area contributed by atoms with Crippen LogP contribution in [0.25, 0.3) is 22.7 Å². The molecule has 1 aromatic carbocycles. The Kier molecular flexibility index (Phi) is 3.34. The van der Waals surface area contributed by atoms with Crippen molar-refractivity contribution in [1.82, 2.24) is 10.1 Å². The predicted octanol–water partition coefficient (Wildman–Crippen LogP) is 4.29. The number of benzene rings is 1. The Morgan fingerprint density at radius 3 is 2.45 bits per heavy atom. The van der Waals surface area contributed by atoms with Gasteiger partial charge < -0.3 is 10.3 Å². The number of nitrogens with two attached hydrogens (primary N) is 1. The first kappa shape index (κ1) is 13.0. The average Bonchev–Trinajstić information content (AvgIpc) is 2.88. The molecule has 2 aromatic heterocycles. The Morgan fingerprint density at radius 2 is 1.75 bits per heavy atom. The van der Waals surface area contributed by atoms with E-state index in [9.17, 15) is 0 Å². The van der Waals surface area contributed by atoms with Gasteiger partial charge in [0, 0.05) is 23.5 Å². The third kappa shape index (κ3) is 2.35. The number of hydrogen-bond donors (Lipinski definition) is 1. The van der Waals surface area contributed by atoms with Gasteiger partial charge in [0.25, 0.3) is 0 Å². The summed E-state index contributed by atoms with van der Waals surface area (Å²) in [7, 11) is 0. The molecule has 0 aliphatic heterocycles. The zero-order valence-corrected chi connectivity index (χ0v) is 11.7. The first-order chi connectivity index (χ1) is 9.65. The van der Waals surface area contributed by atoms with Crippen molar-refractivity contribution >= 4 is 28.9 Å². The third-order valence-corrected chi connectivity index (χ3v) is 3.40. The molecular formula is C14H9Cl2N3O. The number of halogens is 2. The summed E-state index contributed by atoms with van der Waals surface area (Å²) in [6.45, 7) is 0. The van der Waals surface area contributed by atoms with Crippen LogP contribution in [0.1, 0.15) is 0 Å². The summed E-state index contributed by atoms with van der Waals surface area (Å²) in [6, 6.07) is 10.4. The minimum Gasteiger partial charge on any atom is -0.399 e. The van der Waals surface area contributed by atoms with Crippen LogP contribution in [0, 0.1) is 0 Å². The molecule has 0 spiro atoms. The van der Waals surface area contributed by atoms with Gasteiger partial charge in [0.1, 0.15) is 11.4 Å². The standard InChI is InChI=1S/C14H9Cl2N3O/c15-9-2-1-3-10(16)14(9)12-7-13(20-19-12)11-6-8(17)4-5-18-11/h1-7H,(H2,17,18). The van der Waals surface area contributed by atoms with Crippen molar-refractivity contribution in [3.63, 3.8) is 0 Å². The molecule has 2 N–H and O–H groups in total. The van der Waals surface area contributed by atoms with Gasteiger partial charge in [-0.05, 0) is 24.3 Å². The summed E-state index contributed by atoms with van der Waals surface area (Å²) < 4.78 is 5.28. The topological polar surface area (TPSA) is 64.9 Å². The average molecular weight is 306 g/mol. The lowest BCUT2D eigenvalue weighted by molar-refractivity contribution is 0.433. The number of rotatable bonds is 2. The van der Waals surface area contributed by atoms with Crippen LogP contribution in [0.5, 0.6) is 0 Å². The highest BCUT2D eigenvalue weighted by Crippen LogP contribution is 2.35. The maximum Gasteiger partial charge on any atom is 0.185 e. The minimum absolute atomic E-state index is 0.503. The fraction of sp³-hybridized carbons (Fsp3) is 0. The molecule has 0 radical (unpaired) electrons. The molecule has 0 fully saturated rings. The molecule has 100 valence electrons. The van der Waals surface area contributed by atoms with Gasteiger partial charge in [-0.1, -0.05) is 34.4 Å². The van der Waals surface area contributed by atoms with Gasteiger partial charge in [-0.2, -0.15) is 0 Å². The Hall–Kier alpha value is -2.04. The van der Waals surface area contributed by atoms with E-state index in [0.717, 1.165) is 0 Å². The van der Waals surface area contributed by atoms with Crippen molar-refractivity contribution < 1.29 is 4.52 Å². The van der Waals surface area contributed by atoms with E-state index < -0.39 is 0 Å². The van der Waals surface area contributed by atoms with E-state index in [-0.39, 0.29) is 0 Å². The maximum absolute atomic E-state index is 6.14. The SMILES string of the molecule is Nc1ccnc(-c2cc(-c3c(Cl)cccc3Cl)no2)c1. The molecule has 3 aromatic rings. The lowest BCUT2D eigenvalue weighted by Crippen LogP contribution is -1.87. The van der Waals surface area contributed by atoms with Crippen molar-refractivity contribution in [2.75, 3.05) is 5.73 Å². The van der Waals surface area contributed by atoms with Crippen molar-refractivity contribution in [2.45, 2.75) is 0 Å². The van der Waals surface area contributed by atoms with Gasteiger partial charge in [0.05, 0.1) is 10.0 Å². The van der Waals surface area contributed by atoms with E-state index in [2.05, 4.69) is 10.1 Å². The lowest BCUT2D eigenvalue weighted by Gasteiger charge is -2.01. The van der Waals surface area contributed by atoms with E-state index >= 15 is 0 Å². The van der Waals surface area contributed by atoms with Crippen LogP contribution in [0.3, 0.4) is 0 Å². The highest BCUT2D eigenvalue weighted by molar-refractivity contribution is 6.39. The third-order valence-electron chi connectivity index (χ3n) is 2.77. The molecule has 0 atom stereocenters. The van der Waals surface area contributed by atoms with Gasteiger partial charge in [-0.15, -0.1) is 0 Å². The monoisotopic (exact) mass is 305 g/mol. The van der Waals surface area contributed by atoms with Crippen molar-refractivity contribution in [2.24, 2.45) is 0 Å². The zero-order chi connectivity index (χ0) is 14.1. The van der Waals surface area contributed by atoms with Crippen LogP contribution in [0.15, 0.2) is 47.1 Å². The van der Waals surface area contributed by atoms with Crippen LogP contribution in [0.2, 0.25) is 10.0 Å². The van der Waals surface area contributed by atoms with Gasteiger partial charge >= 0.3 is 0 Å². The van der Waals surface area contributed by atoms with Crippen LogP contribution in [-0.2, 0) is 0 Å². The minimum atomic E-state index is 0.503. The van der Waals surface area contributed by atoms with E-state index in [1.54, 1.807) is 42.6 Å². The molecule has 20 heavy (non-hydrogen) atoms. The van der Waals surface area contributed by atoms with Gasteiger partial charge in [0.15, 0.2) is 5.76 Å². The Labute approximate surface area is 125 Å². The number of nitrogens with zero attached hydrogens (tertiary/aromatic N) is 2. The second-order valence-electron chi connectivity index (χ2n) is 4.15. The van der Waals surface area contributed by atoms with Gasteiger partial charge in [-0.3, -0.25) is 4.98 Å². The Bertz CT molecular complexity index is 750. The number of pyridine rings is 1. The highest BCUT2D eigenvalue weighted by atomic mass is 35.5. The first-order valence-electron chi connectivity index (χ1n) is 5.78. The molecule has 0 saturated heterocycles. The molecule has 6 heteroatoms. The second kappa shape index (κ2) is 5.15. The van der Waals surface area contributed by atoms with Gasteiger partial charge in [0.2, 0.25) is 0 Å². The van der Waals surface area contributed by atoms with Crippen molar-refractivity contribution in [3.8, 4) is 22.7 Å². The van der Waals surface area contributed by atoms with E-state index in [1.807, 2.05) is 0 Å². The molecule has 0 aliphatic carbocycles. The smallest absolute Gasteiger partial charge is 0.185 e. The number of aromatic nitrogens is 2. The second-order valence-corrected chi connectivity index (χ2v) is 4.96. The summed E-state index contributed by atoms with van der Waals surface area (Å²) in [4.78, 5) is 4.18. The quantitative estimate of drug-likeness (QED) is 0.767. The Balaban J connectivity index is 2.07.